The minimum Gasteiger partial charge on any atom is -0.364 e. The van der Waals surface area contributed by atoms with Gasteiger partial charge < -0.3 is 5.32 Å². The van der Waals surface area contributed by atoms with E-state index in [4.69, 9.17) is 12.2 Å². The molecule has 2 nitrogen and oxygen atoms in total. The van der Waals surface area contributed by atoms with Crippen LogP contribution < -0.4 is 5.32 Å². The summed E-state index contributed by atoms with van der Waals surface area (Å²) in [4.78, 5) is 3.36. The largest absolute Gasteiger partial charge is 0.364 e. The molecule has 1 aromatic rings. The van der Waals surface area contributed by atoms with Crippen molar-refractivity contribution < 1.29 is 0 Å². The lowest BCUT2D eigenvalue weighted by molar-refractivity contribution is 0.232. The molecular formula is C13H18N2S. The fourth-order valence-electron chi connectivity index (χ4n) is 2.23. The van der Waals surface area contributed by atoms with E-state index in [9.17, 15) is 0 Å². The van der Waals surface area contributed by atoms with Gasteiger partial charge in [-0.15, -0.1) is 0 Å². The summed E-state index contributed by atoms with van der Waals surface area (Å²) in [7, 11) is 0. The molecule has 1 unspecified atom stereocenters. The van der Waals surface area contributed by atoms with Gasteiger partial charge in [-0.05, 0) is 25.3 Å². The van der Waals surface area contributed by atoms with Crippen molar-refractivity contribution >= 4 is 17.2 Å². The zero-order valence-corrected chi connectivity index (χ0v) is 10.5. The molecule has 1 atom stereocenters. The van der Waals surface area contributed by atoms with Crippen LogP contribution in [0, 0.1) is 0 Å². The van der Waals surface area contributed by atoms with Crippen LogP contribution in [0.25, 0.3) is 0 Å². The first-order chi connectivity index (χ1) is 7.75. The summed E-state index contributed by atoms with van der Waals surface area (Å²) in [6, 6.07) is 10.6. The summed E-state index contributed by atoms with van der Waals surface area (Å²) in [5.74, 6) is 0. The Balaban J connectivity index is 1.96. The average Bonchev–Trinajstić information content (AvgIpc) is 2.66. The summed E-state index contributed by atoms with van der Waals surface area (Å²) in [6.45, 7) is 4.13. The Hall–Kier alpha value is -0.930. The van der Waals surface area contributed by atoms with Gasteiger partial charge in [0.15, 0.2) is 0 Å². The third-order valence-electron chi connectivity index (χ3n) is 2.96. The van der Waals surface area contributed by atoms with Gasteiger partial charge in [-0.3, -0.25) is 4.90 Å². The Labute approximate surface area is 103 Å². The first-order valence-corrected chi connectivity index (χ1v) is 6.21. The van der Waals surface area contributed by atoms with Gasteiger partial charge in [0, 0.05) is 13.1 Å². The zero-order valence-electron chi connectivity index (χ0n) is 9.65. The van der Waals surface area contributed by atoms with Crippen LogP contribution in [0.4, 0.5) is 0 Å². The standard InChI is InChI=1S/C13H18N2S/c1-11(16)14-13-8-5-9-15(13)10-12-6-3-2-4-7-12/h2-4,6-7,13H,5,8-10H2,1H3,(H,14,16). The maximum atomic E-state index is 5.11. The summed E-state index contributed by atoms with van der Waals surface area (Å²) >= 11 is 5.11. The molecule has 1 fully saturated rings. The van der Waals surface area contributed by atoms with Crippen LogP contribution in [-0.4, -0.2) is 22.6 Å². The molecule has 16 heavy (non-hydrogen) atoms. The van der Waals surface area contributed by atoms with Gasteiger partial charge in [0.25, 0.3) is 0 Å². The number of thiocarbonyl (C=S) groups is 1. The van der Waals surface area contributed by atoms with Gasteiger partial charge in [-0.1, -0.05) is 42.5 Å². The highest BCUT2D eigenvalue weighted by Gasteiger charge is 2.23. The number of hydrogen-bond donors (Lipinski definition) is 1. The number of hydrogen-bond acceptors (Lipinski definition) is 2. The van der Waals surface area contributed by atoms with Gasteiger partial charge in [0.05, 0.1) is 11.2 Å². The van der Waals surface area contributed by atoms with E-state index in [1.165, 1.54) is 18.4 Å². The number of rotatable bonds is 3. The van der Waals surface area contributed by atoms with Gasteiger partial charge in [-0.25, -0.2) is 0 Å². The molecule has 3 heteroatoms. The van der Waals surface area contributed by atoms with Crippen molar-refractivity contribution in [2.75, 3.05) is 6.54 Å². The van der Waals surface area contributed by atoms with E-state index in [1.54, 1.807) is 0 Å². The van der Waals surface area contributed by atoms with Crippen molar-refractivity contribution in [2.45, 2.75) is 32.5 Å². The lowest BCUT2D eigenvalue weighted by Gasteiger charge is -2.25. The van der Waals surface area contributed by atoms with Crippen molar-refractivity contribution in [1.82, 2.24) is 10.2 Å². The summed E-state index contributed by atoms with van der Waals surface area (Å²) in [6.07, 6.45) is 2.88. The third-order valence-corrected chi connectivity index (χ3v) is 3.08. The van der Waals surface area contributed by atoms with Gasteiger partial charge >= 0.3 is 0 Å². The molecule has 0 saturated carbocycles. The smallest absolute Gasteiger partial charge is 0.0800 e. The van der Waals surface area contributed by atoms with Gasteiger partial charge in [0.1, 0.15) is 0 Å². The highest BCUT2D eigenvalue weighted by atomic mass is 32.1. The van der Waals surface area contributed by atoms with Crippen molar-refractivity contribution in [3.8, 4) is 0 Å². The first-order valence-electron chi connectivity index (χ1n) is 5.81. The summed E-state index contributed by atoms with van der Waals surface area (Å²) in [5.41, 5.74) is 1.37. The molecule has 1 N–H and O–H groups in total. The molecule has 1 saturated heterocycles. The Morgan fingerprint density at radius 2 is 2.19 bits per heavy atom. The van der Waals surface area contributed by atoms with E-state index < -0.39 is 0 Å². The van der Waals surface area contributed by atoms with Crippen LogP contribution in [0.2, 0.25) is 0 Å². The molecule has 0 aromatic heterocycles. The lowest BCUT2D eigenvalue weighted by atomic mass is 10.2. The molecule has 86 valence electrons. The molecule has 0 amide bonds. The molecule has 2 rings (SSSR count). The second kappa shape index (κ2) is 5.41. The van der Waals surface area contributed by atoms with E-state index in [0.717, 1.165) is 18.1 Å². The fraction of sp³-hybridized carbons (Fsp3) is 0.462. The molecule has 1 aromatic carbocycles. The van der Waals surface area contributed by atoms with E-state index in [-0.39, 0.29) is 0 Å². The second-order valence-electron chi connectivity index (χ2n) is 4.31. The van der Waals surface area contributed by atoms with Crippen molar-refractivity contribution in [3.63, 3.8) is 0 Å². The van der Waals surface area contributed by atoms with Crippen LogP contribution in [-0.2, 0) is 6.54 Å². The van der Waals surface area contributed by atoms with Crippen LogP contribution in [0.15, 0.2) is 30.3 Å². The number of benzene rings is 1. The number of nitrogens with zero attached hydrogens (tertiary/aromatic N) is 1. The maximum Gasteiger partial charge on any atom is 0.0800 e. The lowest BCUT2D eigenvalue weighted by Crippen LogP contribution is -2.42. The highest BCUT2D eigenvalue weighted by Crippen LogP contribution is 2.18. The van der Waals surface area contributed by atoms with Gasteiger partial charge in [-0.2, -0.15) is 0 Å². The second-order valence-corrected chi connectivity index (χ2v) is 4.93. The van der Waals surface area contributed by atoms with Crippen molar-refractivity contribution in [3.05, 3.63) is 35.9 Å². The first kappa shape index (κ1) is 11.6. The Bertz CT molecular complexity index is 350. The maximum absolute atomic E-state index is 5.11. The van der Waals surface area contributed by atoms with Crippen LogP contribution in [0.1, 0.15) is 25.3 Å². The van der Waals surface area contributed by atoms with E-state index >= 15 is 0 Å². The molecule has 0 aliphatic carbocycles. The Morgan fingerprint density at radius 1 is 1.44 bits per heavy atom. The summed E-state index contributed by atoms with van der Waals surface area (Å²) < 4.78 is 0. The Kier molecular flexibility index (Phi) is 3.91. The fourth-order valence-corrected chi connectivity index (χ4v) is 2.37. The van der Waals surface area contributed by atoms with Crippen LogP contribution >= 0.6 is 12.2 Å². The molecule has 0 radical (unpaired) electrons. The number of nitrogens with one attached hydrogen (secondary N) is 1. The molecular weight excluding hydrogens is 216 g/mol. The quantitative estimate of drug-likeness (QED) is 0.809. The average molecular weight is 234 g/mol. The topological polar surface area (TPSA) is 15.3 Å². The zero-order chi connectivity index (χ0) is 11.4. The third kappa shape index (κ3) is 3.03. The van der Waals surface area contributed by atoms with E-state index in [1.807, 2.05) is 6.92 Å². The van der Waals surface area contributed by atoms with Crippen molar-refractivity contribution in [2.24, 2.45) is 0 Å². The predicted molar refractivity (Wildman–Crippen MR) is 71.3 cm³/mol. The normalized spacial score (nSPS) is 20.9. The summed E-state index contributed by atoms with van der Waals surface area (Å²) in [5, 5.41) is 3.37. The van der Waals surface area contributed by atoms with Gasteiger partial charge in [0.2, 0.25) is 0 Å². The van der Waals surface area contributed by atoms with Crippen LogP contribution in [0.5, 0.6) is 0 Å². The minimum absolute atomic E-state index is 0.428. The molecule has 1 aliphatic rings. The minimum atomic E-state index is 0.428. The highest BCUT2D eigenvalue weighted by molar-refractivity contribution is 7.80. The van der Waals surface area contributed by atoms with E-state index in [0.29, 0.717) is 6.17 Å². The SMILES string of the molecule is CC(=S)NC1CCCN1Cc1ccccc1. The molecule has 1 aliphatic heterocycles. The number of likely N-dealkylation sites (tertiary alicyclic amines) is 1. The monoisotopic (exact) mass is 234 g/mol. The van der Waals surface area contributed by atoms with Crippen molar-refractivity contribution in [1.29, 1.82) is 0 Å². The predicted octanol–water partition coefficient (Wildman–Crippen LogP) is 2.55. The molecule has 0 spiro atoms. The molecule has 0 bridgehead atoms. The molecule has 1 heterocycles. The Morgan fingerprint density at radius 3 is 2.88 bits per heavy atom. The van der Waals surface area contributed by atoms with E-state index in [2.05, 4.69) is 40.5 Å². The van der Waals surface area contributed by atoms with Crippen LogP contribution in [0.3, 0.4) is 0 Å².